The van der Waals surface area contributed by atoms with Gasteiger partial charge in [-0.05, 0) is 12.1 Å². The Labute approximate surface area is 73.2 Å². The zero-order chi connectivity index (χ0) is 10.0. The second-order valence-corrected chi connectivity index (χ2v) is 2.40. The van der Waals surface area contributed by atoms with Gasteiger partial charge < -0.3 is 0 Å². The molecule has 0 saturated heterocycles. The minimum Gasteiger partial charge on any atom is -0.275 e. The van der Waals surface area contributed by atoms with Gasteiger partial charge in [-0.1, -0.05) is 6.07 Å². The molecule has 0 fully saturated rings. The van der Waals surface area contributed by atoms with Crippen molar-refractivity contribution in [2.24, 2.45) is 0 Å². The third-order valence-electron chi connectivity index (χ3n) is 1.57. The first-order valence-electron chi connectivity index (χ1n) is 3.42. The SMILES string of the molecule is CN(C([O])=O)c1cccc(F)c1F. The van der Waals surface area contributed by atoms with Gasteiger partial charge in [0.2, 0.25) is 0 Å². The molecule has 1 aromatic carbocycles. The Morgan fingerprint density at radius 1 is 1.38 bits per heavy atom. The minimum absolute atomic E-state index is 0.361. The standard InChI is InChI=1S/C8H6F2NO2/c1-11(8(12)13)6-4-2-3-5(9)7(6)10/h2-4H,1H3. The second-order valence-electron chi connectivity index (χ2n) is 2.40. The number of rotatable bonds is 1. The van der Waals surface area contributed by atoms with Crippen LogP contribution in [-0.4, -0.2) is 13.1 Å². The summed E-state index contributed by atoms with van der Waals surface area (Å²) in [4.78, 5) is 10.8. The van der Waals surface area contributed by atoms with Gasteiger partial charge in [-0.15, -0.1) is 0 Å². The van der Waals surface area contributed by atoms with Crippen LogP contribution >= 0.6 is 0 Å². The van der Waals surface area contributed by atoms with Crippen molar-refractivity contribution >= 4 is 11.8 Å². The molecule has 0 saturated carbocycles. The first-order chi connectivity index (χ1) is 6.04. The number of carbonyl (C=O) groups is 1. The van der Waals surface area contributed by atoms with Gasteiger partial charge in [0.25, 0.3) is 0 Å². The lowest BCUT2D eigenvalue weighted by molar-refractivity contribution is 0.178. The third-order valence-corrected chi connectivity index (χ3v) is 1.57. The fourth-order valence-corrected chi connectivity index (χ4v) is 0.850. The van der Waals surface area contributed by atoms with Crippen LogP contribution in [-0.2, 0) is 5.11 Å². The summed E-state index contributed by atoms with van der Waals surface area (Å²) in [5.41, 5.74) is -0.361. The van der Waals surface area contributed by atoms with E-state index < -0.39 is 17.7 Å². The number of benzene rings is 1. The van der Waals surface area contributed by atoms with Crippen molar-refractivity contribution in [1.82, 2.24) is 0 Å². The maximum absolute atomic E-state index is 12.9. The predicted octanol–water partition coefficient (Wildman–Crippen LogP) is 1.95. The largest absolute Gasteiger partial charge is 0.457 e. The van der Waals surface area contributed by atoms with Gasteiger partial charge >= 0.3 is 6.09 Å². The second kappa shape index (κ2) is 3.38. The van der Waals surface area contributed by atoms with Crippen molar-refractivity contribution in [2.75, 3.05) is 11.9 Å². The Hall–Kier alpha value is -1.65. The number of nitrogens with zero attached hydrogens (tertiary/aromatic N) is 1. The van der Waals surface area contributed by atoms with E-state index >= 15 is 0 Å². The molecule has 0 N–H and O–H groups in total. The van der Waals surface area contributed by atoms with Crippen LogP contribution in [0.5, 0.6) is 0 Å². The minimum atomic E-state index is -1.59. The lowest BCUT2D eigenvalue weighted by Gasteiger charge is -2.11. The molecule has 1 radical (unpaired) electrons. The number of carbonyl (C=O) groups excluding carboxylic acids is 1. The Bertz CT molecular complexity index is 341. The van der Waals surface area contributed by atoms with Gasteiger partial charge in [0, 0.05) is 7.05 Å². The molecule has 0 aliphatic heterocycles. The fraction of sp³-hybridized carbons (Fsp3) is 0.125. The van der Waals surface area contributed by atoms with E-state index in [0.29, 0.717) is 4.90 Å². The maximum atomic E-state index is 12.9. The van der Waals surface area contributed by atoms with E-state index in [4.69, 9.17) is 0 Å². The maximum Gasteiger partial charge on any atom is 0.457 e. The van der Waals surface area contributed by atoms with Crippen LogP contribution < -0.4 is 4.90 Å². The molecule has 1 rings (SSSR count). The van der Waals surface area contributed by atoms with E-state index in [1.807, 2.05) is 0 Å². The molecule has 0 aromatic heterocycles. The lowest BCUT2D eigenvalue weighted by atomic mass is 10.3. The first kappa shape index (κ1) is 9.44. The van der Waals surface area contributed by atoms with Crippen molar-refractivity contribution in [3.63, 3.8) is 0 Å². The number of anilines is 1. The molecule has 0 unspecified atom stereocenters. The molecule has 69 valence electrons. The highest BCUT2D eigenvalue weighted by Gasteiger charge is 2.16. The summed E-state index contributed by atoms with van der Waals surface area (Å²) < 4.78 is 25.5. The monoisotopic (exact) mass is 186 g/mol. The summed E-state index contributed by atoms with van der Waals surface area (Å²) in [5.74, 6) is -2.29. The molecule has 0 spiro atoms. The van der Waals surface area contributed by atoms with Crippen molar-refractivity contribution in [1.29, 1.82) is 0 Å². The van der Waals surface area contributed by atoms with Crippen LogP contribution in [0.2, 0.25) is 0 Å². The van der Waals surface area contributed by atoms with Crippen LogP contribution in [0.15, 0.2) is 18.2 Å². The van der Waals surface area contributed by atoms with E-state index in [1.165, 1.54) is 6.07 Å². The van der Waals surface area contributed by atoms with E-state index in [2.05, 4.69) is 0 Å². The molecule has 3 nitrogen and oxygen atoms in total. The molecule has 5 heteroatoms. The van der Waals surface area contributed by atoms with E-state index in [9.17, 15) is 18.7 Å². The molecule has 0 atom stereocenters. The van der Waals surface area contributed by atoms with Gasteiger partial charge in [0.15, 0.2) is 11.6 Å². The Kier molecular flexibility index (Phi) is 2.46. The summed E-state index contributed by atoms with van der Waals surface area (Å²) in [6.45, 7) is 0. The highest BCUT2D eigenvalue weighted by molar-refractivity contribution is 5.85. The Morgan fingerprint density at radius 2 is 2.00 bits per heavy atom. The zero-order valence-corrected chi connectivity index (χ0v) is 6.75. The summed E-state index contributed by atoms with van der Waals surface area (Å²) in [7, 11) is 1.08. The molecular weight excluding hydrogens is 180 g/mol. The number of halogens is 2. The van der Waals surface area contributed by atoms with Gasteiger partial charge in [0.1, 0.15) is 0 Å². The van der Waals surface area contributed by atoms with Crippen molar-refractivity contribution in [3.8, 4) is 0 Å². The van der Waals surface area contributed by atoms with E-state index in [1.54, 1.807) is 0 Å². The summed E-state index contributed by atoms with van der Waals surface area (Å²) >= 11 is 0. The van der Waals surface area contributed by atoms with Crippen LogP contribution in [0, 0.1) is 11.6 Å². The van der Waals surface area contributed by atoms with E-state index in [-0.39, 0.29) is 5.69 Å². The Morgan fingerprint density at radius 3 is 2.54 bits per heavy atom. The highest BCUT2D eigenvalue weighted by atomic mass is 19.2. The molecule has 1 aromatic rings. The van der Waals surface area contributed by atoms with Crippen LogP contribution in [0.4, 0.5) is 19.3 Å². The van der Waals surface area contributed by atoms with Crippen LogP contribution in [0.3, 0.4) is 0 Å². The fourth-order valence-electron chi connectivity index (χ4n) is 0.850. The van der Waals surface area contributed by atoms with Crippen molar-refractivity contribution < 1.29 is 18.7 Å². The van der Waals surface area contributed by atoms with Gasteiger partial charge in [0.05, 0.1) is 5.69 Å². The first-order valence-corrected chi connectivity index (χ1v) is 3.42. The molecule has 0 aliphatic carbocycles. The topological polar surface area (TPSA) is 40.2 Å². The molecule has 0 bridgehead atoms. The van der Waals surface area contributed by atoms with Crippen LogP contribution in [0.1, 0.15) is 0 Å². The van der Waals surface area contributed by atoms with Gasteiger partial charge in [-0.3, -0.25) is 4.90 Å². The normalized spacial score (nSPS) is 9.77. The smallest absolute Gasteiger partial charge is 0.275 e. The zero-order valence-electron chi connectivity index (χ0n) is 6.75. The van der Waals surface area contributed by atoms with E-state index in [0.717, 1.165) is 19.2 Å². The van der Waals surface area contributed by atoms with Gasteiger partial charge in [-0.2, -0.15) is 0 Å². The molecule has 13 heavy (non-hydrogen) atoms. The molecule has 0 aliphatic rings. The van der Waals surface area contributed by atoms with Gasteiger partial charge in [-0.25, -0.2) is 18.7 Å². The number of hydrogen-bond acceptors (Lipinski definition) is 1. The molecular formula is C8H6F2NO2. The molecule has 1 amide bonds. The summed E-state index contributed by atoms with van der Waals surface area (Å²) in [6, 6.07) is 3.27. The Balaban J connectivity index is 3.15. The predicted molar refractivity (Wildman–Crippen MR) is 40.8 cm³/mol. The molecule has 0 heterocycles. The summed E-state index contributed by atoms with van der Waals surface area (Å²) in [6.07, 6.45) is -1.59. The average Bonchev–Trinajstić information content (AvgIpc) is 2.08. The average molecular weight is 186 g/mol. The summed E-state index contributed by atoms with van der Waals surface area (Å²) in [5, 5.41) is 10.3. The number of amides is 1. The quantitative estimate of drug-likeness (QED) is 0.660. The lowest BCUT2D eigenvalue weighted by Crippen LogP contribution is -2.24. The van der Waals surface area contributed by atoms with Crippen molar-refractivity contribution in [2.45, 2.75) is 0 Å². The van der Waals surface area contributed by atoms with Crippen LogP contribution in [0.25, 0.3) is 0 Å². The van der Waals surface area contributed by atoms with Crippen molar-refractivity contribution in [3.05, 3.63) is 29.8 Å². The highest BCUT2D eigenvalue weighted by Crippen LogP contribution is 2.19. The number of hydrogen-bond donors (Lipinski definition) is 0. The third kappa shape index (κ3) is 1.74.